The third-order valence-electron chi connectivity index (χ3n) is 3.56. The average Bonchev–Trinajstić information content (AvgIpc) is 3.03. The number of nitrogens with zero attached hydrogens (tertiary/aromatic N) is 4. The molecule has 0 aliphatic carbocycles. The summed E-state index contributed by atoms with van der Waals surface area (Å²) >= 11 is 8.42. The first kappa shape index (κ1) is 23.6. The number of hydrogen-bond acceptors (Lipinski definition) is 6. The molecule has 0 saturated carbocycles. The molecule has 0 fully saturated rings. The molecule has 2 heterocycles. The quantitative estimate of drug-likeness (QED) is 0.515. The molecule has 2 aromatic rings. The van der Waals surface area contributed by atoms with Gasteiger partial charge in [0.25, 0.3) is 0 Å². The van der Waals surface area contributed by atoms with Crippen LogP contribution in [0.1, 0.15) is 12.8 Å². The van der Waals surface area contributed by atoms with Gasteiger partial charge in [0.2, 0.25) is 11.8 Å². The number of amides is 2. The summed E-state index contributed by atoms with van der Waals surface area (Å²) in [5.74, 6) is -0.963. The van der Waals surface area contributed by atoms with Gasteiger partial charge in [0.05, 0.1) is 30.3 Å². The lowest BCUT2D eigenvalue weighted by molar-refractivity contribution is -0.129. The van der Waals surface area contributed by atoms with E-state index in [0.717, 1.165) is 16.7 Å². The maximum absolute atomic E-state index is 12.7. The lowest BCUT2D eigenvalue weighted by Crippen LogP contribution is -2.38. The molecule has 0 unspecified atom stereocenters. The Morgan fingerprint density at radius 1 is 1.28 bits per heavy atom. The van der Waals surface area contributed by atoms with Gasteiger partial charge in [-0.15, -0.1) is 0 Å². The van der Waals surface area contributed by atoms with E-state index in [2.05, 4.69) is 10.1 Å². The molecule has 0 N–H and O–H groups in total. The normalized spacial score (nSPS) is 11.5. The van der Waals surface area contributed by atoms with Crippen molar-refractivity contribution < 1.29 is 22.8 Å². The molecule has 29 heavy (non-hydrogen) atoms. The Labute approximate surface area is 179 Å². The molecule has 0 saturated heterocycles. The number of thioether (sulfide) groups is 2. The molecule has 2 aromatic heterocycles. The topological polar surface area (TPSA) is 68.1 Å². The summed E-state index contributed by atoms with van der Waals surface area (Å²) in [6.45, 7) is 0. The molecule has 12 heteroatoms. The second-order valence-corrected chi connectivity index (χ2v) is 8.19. The number of rotatable bonds is 9. The Kier molecular flexibility index (Phi) is 8.84. The van der Waals surface area contributed by atoms with E-state index in [1.165, 1.54) is 22.6 Å². The van der Waals surface area contributed by atoms with Crippen LogP contribution in [0, 0.1) is 0 Å². The SMILES string of the molecule is CSCC(=O)N(C(=O)CCSCCC(F)(F)F)c1cn(-c2cccnc2)nc1Cl. The molecule has 0 aromatic carbocycles. The van der Waals surface area contributed by atoms with Crippen LogP contribution in [-0.2, 0) is 9.59 Å². The van der Waals surface area contributed by atoms with Crippen LogP contribution < -0.4 is 4.90 Å². The Morgan fingerprint density at radius 2 is 2.03 bits per heavy atom. The number of anilines is 1. The fraction of sp³-hybridized carbons (Fsp3) is 0.412. The van der Waals surface area contributed by atoms with Crippen molar-refractivity contribution in [1.82, 2.24) is 14.8 Å². The minimum atomic E-state index is -4.23. The van der Waals surface area contributed by atoms with Gasteiger partial charge in [-0.3, -0.25) is 14.6 Å². The number of halogens is 4. The van der Waals surface area contributed by atoms with Crippen molar-refractivity contribution in [2.24, 2.45) is 0 Å². The number of aromatic nitrogens is 3. The highest BCUT2D eigenvalue weighted by Gasteiger charge is 2.28. The van der Waals surface area contributed by atoms with Crippen LogP contribution in [0.2, 0.25) is 5.15 Å². The maximum Gasteiger partial charge on any atom is 0.389 e. The maximum atomic E-state index is 12.7. The Morgan fingerprint density at radius 3 is 2.66 bits per heavy atom. The monoisotopic (exact) mass is 466 g/mol. The number of pyridine rings is 1. The van der Waals surface area contributed by atoms with Crippen LogP contribution in [0.25, 0.3) is 5.69 Å². The lowest BCUT2D eigenvalue weighted by Gasteiger charge is -2.19. The zero-order chi connectivity index (χ0) is 21.4. The molecule has 6 nitrogen and oxygen atoms in total. The van der Waals surface area contributed by atoms with Crippen LogP contribution >= 0.6 is 35.1 Å². The van der Waals surface area contributed by atoms with Gasteiger partial charge in [-0.1, -0.05) is 11.6 Å². The third-order valence-corrected chi connectivity index (χ3v) is 5.35. The Bertz CT molecular complexity index is 834. The summed E-state index contributed by atoms with van der Waals surface area (Å²) in [6, 6.07) is 3.43. The zero-order valence-electron chi connectivity index (χ0n) is 15.4. The molecule has 2 rings (SSSR count). The molecule has 2 amide bonds. The van der Waals surface area contributed by atoms with Gasteiger partial charge in [0.1, 0.15) is 5.69 Å². The van der Waals surface area contributed by atoms with E-state index >= 15 is 0 Å². The van der Waals surface area contributed by atoms with Crippen molar-refractivity contribution in [3.05, 3.63) is 35.9 Å². The Hall–Kier alpha value is -1.72. The van der Waals surface area contributed by atoms with Gasteiger partial charge in [-0.2, -0.15) is 41.8 Å². The molecule has 0 radical (unpaired) electrons. The molecule has 0 aliphatic rings. The summed E-state index contributed by atoms with van der Waals surface area (Å²) in [7, 11) is 0. The van der Waals surface area contributed by atoms with E-state index in [-0.39, 0.29) is 34.5 Å². The number of carbonyl (C=O) groups excluding carboxylic acids is 2. The van der Waals surface area contributed by atoms with Crippen molar-refractivity contribution in [1.29, 1.82) is 0 Å². The summed E-state index contributed by atoms with van der Waals surface area (Å²) in [4.78, 5) is 30.1. The van der Waals surface area contributed by atoms with Crippen molar-refractivity contribution >= 4 is 52.6 Å². The van der Waals surface area contributed by atoms with Gasteiger partial charge < -0.3 is 0 Å². The second kappa shape index (κ2) is 10.9. The number of hydrogen-bond donors (Lipinski definition) is 0. The zero-order valence-corrected chi connectivity index (χ0v) is 17.7. The minimum absolute atomic E-state index is 0.0404. The number of alkyl halides is 3. The molecule has 0 aliphatic heterocycles. The van der Waals surface area contributed by atoms with Gasteiger partial charge in [-0.05, 0) is 18.4 Å². The van der Waals surface area contributed by atoms with Crippen molar-refractivity contribution in [3.8, 4) is 5.69 Å². The van der Waals surface area contributed by atoms with E-state index in [1.54, 1.807) is 30.8 Å². The van der Waals surface area contributed by atoms with Crippen LogP contribution in [0.4, 0.5) is 18.9 Å². The standard InChI is InChI=1S/C17H18ClF3N4O2S2/c1-28-11-15(27)25(14(26)4-7-29-8-5-17(19,20)21)13-10-24(23-16(13)18)12-3-2-6-22-9-12/h2-3,6,9-10H,4-5,7-8,11H2,1H3. The highest BCUT2D eigenvalue weighted by molar-refractivity contribution is 7.99. The van der Waals surface area contributed by atoms with E-state index in [0.29, 0.717) is 5.69 Å². The van der Waals surface area contributed by atoms with E-state index < -0.39 is 24.4 Å². The van der Waals surface area contributed by atoms with Gasteiger partial charge in [-0.25, -0.2) is 9.58 Å². The fourth-order valence-electron chi connectivity index (χ4n) is 2.27. The first-order valence-corrected chi connectivity index (χ1v) is 11.3. The van der Waals surface area contributed by atoms with Crippen LogP contribution in [-0.4, -0.2) is 56.3 Å². The summed E-state index contributed by atoms with van der Waals surface area (Å²) in [6.07, 6.45) is 1.04. The molecule has 0 spiro atoms. The van der Waals surface area contributed by atoms with Gasteiger partial charge >= 0.3 is 6.18 Å². The summed E-state index contributed by atoms with van der Waals surface area (Å²) in [5.41, 5.74) is 0.716. The van der Waals surface area contributed by atoms with E-state index in [1.807, 2.05) is 0 Å². The number of carbonyl (C=O) groups is 2. The van der Waals surface area contributed by atoms with E-state index in [4.69, 9.17) is 11.6 Å². The Balaban J connectivity index is 2.13. The molecule has 0 bridgehead atoms. The van der Waals surface area contributed by atoms with Crippen molar-refractivity contribution in [3.63, 3.8) is 0 Å². The van der Waals surface area contributed by atoms with Crippen molar-refractivity contribution in [2.45, 2.75) is 19.0 Å². The van der Waals surface area contributed by atoms with Crippen molar-refractivity contribution in [2.75, 3.05) is 28.4 Å². The third kappa shape index (κ3) is 7.23. The molecular formula is C17H18ClF3N4O2S2. The first-order valence-electron chi connectivity index (χ1n) is 8.37. The largest absolute Gasteiger partial charge is 0.389 e. The molecule has 0 atom stereocenters. The minimum Gasteiger partial charge on any atom is -0.274 e. The highest BCUT2D eigenvalue weighted by atomic mass is 35.5. The summed E-state index contributed by atoms with van der Waals surface area (Å²) in [5, 5.41) is 4.08. The van der Waals surface area contributed by atoms with Crippen LogP contribution in [0.3, 0.4) is 0 Å². The second-order valence-electron chi connectivity index (χ2n) is 5.74. The highest BCUT2D eigenvalue weighted by Crippen LogP contribution is 2.28. The van der Waals surface area contributed by atoms with Gasteiger partial charge in [0, 0.05) is 24.1 Å². The fourth-order valence-corrected chi connectivity index (χ4v) is 3.76. The predicted octanol–water partition coefficient (Wildman–Crippen LogP) is 4.22. The molecule has 158 valence electrons. The number of imide groups is 1. The van der Waals surface area contributed by atoms with Gasteiger partial charge in [0.15, 0.2) is 5.15 Å². The van der Waals surface area contributed by atoms with Crippen LogP contribution in [0.5, 0.6) is 0 Å². The summed E-state index contributed by atoms with van der Waals surface area (Å²) < 4.78 is 38.0. The predicted molar refractivity (Wildman–Crippen MR) is 110 cm³/mol. The lowest BCUT2D eigenvalue weighted by atomic mass is 10.3. The molecular weight excluding hydrogens is 449 g/mol. The first-order chi connectivity index (χ1) is 13.7. The van der Waals surface area contributed by atoms with E-state index in [9.17, 15) is 22.8 Å². The smallest absolute Gasteiger partial charge is 0.274 e. The average molecular weight is 467 g/mol. The van der Waals surface area contributed by atoms with Crippen LogP contribution in [0.15, 0.2) is 30.7 Å².